The fourth-order valence-corrected chi connectivity index (χ4v) is 3.92. The van der Waals surface area contributed by atoms with E-state index in [2.05, 4.69) is 11.6 Å². The molecule has 0 saturated heterocycles. The van der Waals surface area contributed by atoms with Crippen molar-refractivity contribution >= 4 is 15.6 Å². The average molecular weight is 300 g/mol. The second-order valence-electron chi connectivity index (χ2n) is 5.02. The average Bonchev–Trinajstić information content (AvgIpc) is 2.68. The van der Waals surface area contributed by atoms with Crippen molar-refractivity contribution in [2.45, 2.75) is 17.9 Å². The Balaban J connectivity index is 2.00. The van der Waals surface area contributed by atoms with Gasteiger partial charge in [0, 0.05) is 19.3 Å². The molecule has 108 valence electrons. The van der Waals surface area contributed by atoms with Gasteiger partial charge in [0.1, 0.15) is 0 Å². The lowest BCUT2D eigenvalue weighted by molar-refractivity contribution is 0.418. The molecule has 0 unspecified atom stereocenters. The second kappa shape index (κ2) is 5.42. The third kappa shape index (κ3) is 2.62. The molecule has 1 aliphatic rings. The molecule has 0 fully saturated rings. The van der Waals surface area contributed by atoms with E-state index in [0.29, 0.717) is 24.4 Å². The number of hydrogen-bond acceptors (Lipinski definition) is 3. The molecule has 0 radical (unpaired) electrons. The standard InChI is InChI=1S/C16H16N2O2S/c1-13-9-11-18(12-14-6-5-10-17-16(13)14)21(19,20)15-7-3-2-4-8-15/h2-8,10H,1,9,11-12H2. The maximum Gasteiger partial charge on any atom is 0.243 e. The summed E-state index contributed by atoms with van der Waals surface area (Å²) in [4.78, 5) is 4.65. The van der Waals surface area contributed by atoms with Crippen LogP contribution in [0.4, 0.5) is 0 Å². The first-order valence-electron chi connectivity index (χ1n) is 6.76. The second-order valence-corrected chi connectivity index (χ2v) is 6.95. The summed E-state index contributed by atoms with van der Waals surface area (Å²) in [7, 11) is -3.49. The van der Waals surface area contributed by atoms with Gasteiger partial charge in [-0.1, -0.05) is 30.8 Å². The highest BCUT2D eigenvalue weighted by molar-refractivity contribution is 7.89. The molecule has 1 aromatic heterocycles. The Hall–Kier alpha value is -1.98. The van der Waals surface area contributed by atoms with E-state index >= 15 is 0 Å². The Bertz CT molecular complexity index is 770. The number of pyridine rings is 1. The van der Waals surface area contributed by atoms with E-state index in [1.165, 1.54) is 4.31 Å². The van der Waals surface area contributed by atoms with Gasteiger partial charge < -0.3 is 0 Å². The Labute approximate surface area is 124 Å². The highest BCUT2D eigenvalue weighted by Gasteiger charge is 2.28. The molecule has 0 spiro atoms. The Kier molecular flexibility index (Phi) is 3.61. The highest BCUT2D eigenvalue weighted by atomic mass is 32.2. The number of sulfonamides is 1. The summed E-state index contributed by atoms with van der Waals surface area (Å²) in [6.45, 7) is 4.78. The van der Waals surface area contributed by atoms with Crippen molar-refractivity contribution in [3.63, 3.8) is 0 Å². The summed E-state index contributed by atoms with van der Waals surface area (Å²) >= 11 is 0. The van der Waals surface area contributed by atoms with Crippen LogP contribution >= 0.6 is 0 Å². The van der Waals surface area contributed by atoms with Crippen molar-refractivity contribution in [1.29, 1.82) is 0 Å². The van der Waals surface area contributed by atoms with Crippen LogP contribution in [0.25, 0.3) is 5.57 Å². The fraction of sp³-hybridized carbons (Fsp3) is 0.188. The van der Waals surface area contributed by atoms with Gasteiger partial charge in [-0.15, -0.1) is 0 Å². The van der Waals surface area contributed by atoms with Gasteiger partial charge in [0.25, 0.3) is 0 Å². The van der Waals surface area contributed by atoms with Crippen LogP contribution in [0.1, 0.15) is 17.7 Å². The number of rotatable bonds is 2. The summed E-state index contributed by atoms with van der Waals surface area (Å²) in [6.07, 6.45) is 2.31. The summed E-state index contributed by atoms with van der Waals surface area (Å²) < 4.78 is 27.0. The molecule has 1 aliphatic heterocycles. The zero-order valence-electron chi connectivity index (χ0n) is 11.6. The SMILES string of the molecule is C=C1CCN(S(=O)(=O)c2ccccc2)Cc2cccnc21. The molecular formula is C16H16N2O2S. The highest BCUT2D eigenvalue weighted by Crippen LogP contribution is 2.27. The first-order chi connectivity index (χ1) is 10.1. The zero-order valence-corrected chi connectivity index (χ0v) is 12.4. The molecule has 0 saturated carbocycles. The van der Waals surface area contributed by atoms with Gasteiger partial charge in [0.2, 0.25) is 10.0 Å². The number of benzene rings is 1. The summed E-state index contributed by atoms with van der Waals surface area (Å²) in [5.41, 5.74) is 2.61. The number of hydrogen-bond donors (Lipinski definition) is 0. The lowest BCUT2D eigenvalue weighted by atomic mass is 10.1. The van der Waals surface area contributed by atoms with E-state index in [9.17, 15) is 8.42 Å². The van der Waals surface area contributed by atoms with Crippen molar-refractivity contribution in [3.05, 3.63) is 66.5 Å². The fourth-order valence-electron chi connectivity index (χ4n) is 2.48. The van der Waals surface area contributed by atoms with Crippen molar-refractivity contribution < 1.29 is 8.42 Å². The van der Waals surface area contributed by atoms with Crippen LogP contribution in [0.15, 0.2) is 60.1 Å². The van der Waals surface area contributed by atoms with Gasteiger partial charge >= 0.3 is 0 Å². The van der Waals surface area contributed by atoms with Gasteiger partial charge in [0.15, 0.2) is 0 Å². The molecule has 0 N–H and O–H groups in total. The minimum Gasteiger partial charge on any atom is -0.256 e. The van der Waals surface area contributed by atoms with Crippen LogP contribution < -0.4 is 0 Å². The van der Waals surface area contributed by atoms with Crippen LogP contribution in [-0.2, 0) is 16.6 Å². The predicted molar refractivity (Wildman–Crippen MR) is 81.9 cm³/mol. The summed E-state index contributed by atoms with van der Waals surface area (Å²) in [6, 6.07) is 12.3. The van der Waals surface area contributed by atoms with Crippen LogP contribution in [-0.4, -0.2) is 24.3 Å². The predicted octanol–water partition coefficient (Wildman–Crippen LogP) is 2.69. The van der Waals surface area contributed by atoms with Crippen LogP contribution in [0.3, 0.4) is 0 Å². The van der Waals surface area contributed by atoms with Crippen molar-refractivity contribution in [2.75, 3.05) is 6.54 Å². The molecule has 2 aromatic rings. The van der Waals surface area contributed by atoms with Gasteiger partial charge in [-0.2, -0.15) is 4.31 Å². The van der Waals surface area contributed by atoms with E-state index in [1.807, 2.05) is 18.2 Å². The Morgan fingerprint density at radius 3 is 2.62 bits per heavy atom. The lowest BCUT2D eigenvalue weighted by Gasteiger charge is -2.20. The van der Waals surface area contributed by atoms with E-state index < -0.39 is 10.0 Å². The van der Waals surface area contributed by atoms with Gasteiger partial charge in [0.05, 0.1) is 10.6 Å². The topological polar surface area (TPSA) is 50.3 Å². The minimum absolute atomic E-state index is 0.322. The molecule has 3 rings (SSSR count). The van der Waals surface area contributed by atoms with E-state index in [-0.39, 0.29) is 0 Å². The molecule has 1 aromatic carbocycles. The first kappa shape index (κ1) is 14.0. The molecule has 0 bridgehead atoms. The normalized spacial score (nSPS) is 16.3. The van der Waals surface area contributed by atoms with E-state index in [1.54, 1.807) is 30.5 Å². The first-order valence-corrected chi connectivity index (χ1v) is 8.20. The minimum atomic E-state index is -3.49. The molecule has 5 heteroatoms. The van der Waals surface area contributed by atoms with Crippen molar-refractivity contribution in [2.24, 2.45) is 0 Å². The molecule has 2 heterocycles. The molecule has 21 heavy (non-hydrogen) atoms. The molecule has 4 nitrogen and oxygen atoms in total. The Morgan fingerprint density at radius 1 is 1.10 bits per heavy atom. The quantitative estimate of drug-likeness (QED) is 0.857. The third-order valence-electron chi connectivity index (χ3n) is 3.62. The zero-order chi connectivity index (χ0) is 14.9. The van der Waals surface area contributed by atoms with E-state index in [4.69, 9.17) is 0 Å². The maximum atomic E-state index is 12.7. The van der Waals surface area contributed by atoms with Crippen LogP contribution in [0.5, 0.6) is 0 Å². The monoisotopic (exact) mass is 300 g/mol. The number of aromatic nitrogens is 1. The molecule has 0 atom stereocenters. The molecule has 0 aliphatic carbocycles. The largest absolute Gasteiger partial charge is 0.256 e. The third-order valence-corrected chi connectivity index (χ3v) is 5.48. The van der Waals surface area contributed by atoms with Crippen LogP contribution in [0.2, 0.25) is 0 Å². The number of nitrogens with zero attached hydrogens (tertiary/aromatic N) is 2. The van der Waals surface area contributed by atoms with Gasteiger partial charge in [-0.05, 0) is 35.8 Å². The lowest BCUT2D eigenvalue weighted by Crippen LogP contribution is -2.30. The van der Waals surface area contributed by atoms with Gasteiger partial charge in [-0.3, -0.25) is 4.98 Å². The van der Waals surface area contributed by atoms with E-state index in [0.717, 1.165) is 16.8 Å². The number of fused-ring (bicyclic) bond motifs is 1. The molecule has 0 amide bonds. The summed E-state index contributed by atoms with van der Waals surface area (Å²) in [5.74, 6) is 0. The van der Waals surface area contributed by atoms with Crippen molar-refractivity contribution in [1.82, 2.24) is 9.29 Å². The smallest absolute Gasteiger partial charge is 0.243 e. The Morgan fingerprint density at radius 2 is 1.86 bits per heavy atom. The van der Waals surface area contributed by atoms with Gasteiger partial charge in [-0.25, -0.2) is 8.42 Å². The molecular weight excluding hydrogens is 284 g/mol. The van der Waals surface area contributed by atoms with Crippen LogP contribution in [0, 0.1) is 0 Å². The summed E-state index contributed by atoms with van der Waals surface area (Å²) in [5, 5.41) is 0. The van der Waals surface area contributed by atoms with Crippen molar-refractivity contribution in [3.8, 4) is 0 Å². The maximum absolute atomic E-state index is 12.7.